The average Bonchev–Trinajstić information content (AvgIpc) is 1.69. The fourth-order valence-corrected chi connectivity index (χ4v) is 0.651. The molecule has 0 spiro atoms. The maximum atomic E-state index is 3.23. The van der Waals surface area contributed by atoms with Crippen molar-refractivity contribution in [1.82, 2.24) is 0 Å². The van der Waals surface area contributed by atoms with Gasteiger partial charge < -0.3 is 0 Å². The molecule has 2 heteroatoms. The van der Waals surface area contributed by atoms with Gasteiger partial charge in [-0.3, -0.25) is 0 Å². The van der Waals surface area contributed by atoms with Gasteiger partial charge in [-0.2, -0.15) is 0 Å². The molecule has 0 aromatic carbocycles. The van der Waals surface area contributed by atoms with Crippen LogP contribution in [-0.2, 0) is 0 Å². The van der Waals surface area contributed by atoms with Crippen LogP contribution in [0.25, 0.3) is 0 Å². The molecule has 0 amide bonds. The minimum absolute atomic E-state index is 1.81. The lowest BCUT2D eigenvalue weighted by Crippen LogP contribution is -2.15. The van der Waals surface area contributed by atoms with Crippen LogP contribution in [0.1, 0.15) is 0 Å². The summed E-state index contributed by atoms with van der Waals surface area (Å²) in [6.07, 6.45) is 3.83. The predicted molar refractivity (Wildman–Crippen MR) is 31.0 cm³/mol. The summed E-state index contributed by atoms with van der Waals surface area (Å²) in [5.74, 6) is 0. The largest absolute Gasteiger partial charge is 0.331 e. The van der Waals surface area contributed by atoms with Crippen LogP contribution in [0.3, 0.4) is 0 Å². The molecular weight excluding hydrogens is 154 g/mol. The number of halogens is 1. The monoisotopic (exact) mass is 158 g/mol. The number of pyridine rings is 1. The van der Waals surface area contributed by atoms with E-state index in [1.807, 2.05) is 34.2 Å². The molecule has 7 heavy (non-hydrogen) atoms. The molecule has 0 radical (unpaired) electrons. The Balaban J connectivity index is 3.02. The van der Waals surface area contributed by atoms with Gasteiger partial charge in [0.15, 0.2) is 12.4 Å². The second kappa shape index (κ2) is 2.07. The molecule has 0 saturated heterocycles. The van der Waals surface area contributed by atoms with Crippen LogP contribution < -0.4 is 3.59 Å². The van der Waals surface area contributed by atoms with E-state index in [0.717, 1.165) is 0 Å². The van der Waals surface area contributed by atoms with Crippen molar-refractivity contribution in [2.24, 2.45) is 0 Å². The highest BCUT2D eigenvalue weighted by molar-refractivity contribution is 9.04. The Bertz CT molecular complexity index is 138. The smallest absolute Gasteiger partial charge is 0.130 e. The number of hydrogen-bond acceptors (Lipinski definition) is 0. The number of aromatic nitrogens is 1. The summed E-state index contributed by atoms with van der Waals surface area (Å²) in [4.78, 5) is 0. The maximum Gasteiger partial charge on any atom is 0.331 e. The normalized spacial score (nSPS) is 8.71. The molecular formula is C5H5BrN+. The number of nitrogens with zero attached hydrogens (tertiary/aromatic N) is 1. The average molecular weight is 159 g/mol. The van der Waals surface area contributed by atoms with Crippen LogP contribution in [0.2, 0.25) is 0 Å². The minimum atomic E-state index is 1.81. The van der Waals surface area contributed by atoms with Crippen molar-refractivity contribution < 1.29 is 3.59 Å². The van der Waals surface area contributed by atoms with Gasteiger partial charge in [-0.05, 0) is 0 Å². The van der Waals surface area contributed by atoms with Gasteiger partial charge >= 0.3 is 16.1 Å². The molecule has 0 aliphatic carbocycles. The van der Waals surface area contributed by atoms with Gasteiger partial charge in [-0.25, -0.2) is 0 Å². The maximum absolute atomic E-state index is 3.23. The zero-order valence-corrected chi connectivity index (χ0v) is 5.30. The highest BCUT2D eigenvalue weighted by Crippen LogP contribution is 1.77. The first-order chi connectivity index (χ1) is 3.39. The molecule has 1 aromatic rings. The van der Waals surface area contributed by atoms with E-state index in [1.54, 1.807) is 0 Å². The Morgan fingerprint density at radius 2 is 1.57 bits per heavy atom. The van der Waals surface area contributed by atoms with Gasteiger partial charge in [-0.1, -0.05) is 6.07 Å². The first-order valence-corrected chi connectivity index (χ1v) is 2.73. The van der Waals surface area contributed by atoms with Crippen molar-refractivity contribution in [2.75, 3.05) is 0 Å². The Kier molecular flexibility index (Phi) is 1.42. The standard InChI is InChI=1S/C5H5BrN/c6-7-4-2-1-3-5-7/h1-5H/q+1. The van der Waals surface area contributed by atoms with Crippen molar-refractivity contribution in [3.8, 4) is 0 Å². The van der Waals surface area contributed by atoms with Gasteiger partial charge in [0.1, 0.15) is 0 Å². The Hall–Kier alpha value is -0.370. The van der Waals surface area contributed by atoms with Gasteiger partial charge in [0.05, 0.1) is 0 Å². The Morgan fingerprint density at radius 1 is 1.00 bits per heavy atom. The molecule has 0 N–H and O–H groups in total. The molecule has 1 nitrogen and oxygen atoms in total. The second-order valence-electron chi connectivity index (χ2n) is 1.22. The van der Waals surface area contributed by atoms with Crippen LogP contribution in [0.15, 0.2) is 30.6 Å². The fourth-order valence-electron chi connectivity index (χ4n) is 0.378. The Morgan fingerprint density at radius 3 is 1.86 bits per heavy atom. The van der Waals surface area contributed by atoms with E-state index in [9.17, 15) is 0 Å². The van der Waals surface area contributed by atoms with Crippen LogP contribution in [0.5, 0.6) is 0 Å². The lowest BCUT2D eigenvalue weighted by molar-refractivity contribution is -0.473. The summed E-state index contributed by atoms with van der Waals surface area (Å²) >= 11 is 3.23. The molecule has 1 rings (SSSR count). The van der Waals surface area contributed by atoms with Crippen LogP contribution in [0, 0.1) is 0 Å². The van der Waals surface area contributed by atoms with Crippen molar-refractivity contribution in [3.63, 3.8) is 0 Å². The van der Waals surface area contributed by atoms with Gasteiger partial charge in [-0.15, -0.1) is 3.59 Å². The lowest BCUT2D eigenvalue weighted by atomic mass is 10.5. The SMILES string of the molecule is Br[n+]1ccccc1. The predicted octanol–water partition coefficient (Wildman–Crippen LogP) is 1.13. The van der Waals surface area contributed by atoms with E-state index in [1.165, 1.54) is 0 Å². The summed E-state index contributed by atoms with van der Waals surface area (Å²) in [6.45, 7) is 0. The molecule has 0 saturated carbocycles. The molecule has 0 aliphatic rings. The third kappa shape index (κ3) is 1.27. The van der Waals surface area contributed by atoms with E-state index in [2.05, 4.69) is 16.1 Å². The summed E-state index contributed by atoms with van der Waals surface area (Å²) in [5, 5.41) is 0. The molecule has 0 fully saturated rings. The second-order valence-corrected chi connectivity index (χ2v) is 2.04. The first kappa shape index (κ1) is 4.78. The number of hydrogen-bond donors (Lipinski definition) is 0. The van der Waals surface area contributed by atoms with Gasteiger partial charge in [0.25, 0.3) is 0 Å². The molecule has 0 atom stereocenters. The zero-order valence-electron chi connectivity index (χ0n) is 3.71. The van der Waals surface area contributed by atoms with Crippen molar-refractivity contribution in [1.29, 1.82) is 0 Å². The van der Waals surface area contributed by atoms with E-state index >= 15 is 0 Å². The summed E-state index contributed by atoms with van der Waals surface area (Å²) in [6, 6.07) is 5.88. The van der Waals surface area contributed by atoms with E-state index in [-0.39, 0.29) is 0 Å². The topological polar surface area (TPSA) is 3.88 Å². The van der Waals surface area contributed by atoms with E-state index in [0.29, 0.717) is 0 Å². The van der Waals surface area contributed by atoms with E-state index in [4.69, 9.17) is 0 Å². The third-order valence-electron chi connectivity index (χ3n) is 0.679. The quantitative estimate of drug-likeness (QED) is 0.534. The van der Waals surface area contributed by atoms with Gasteiger partial charge in [0.2, 0.25) is 0 Å². The van der Waals surface area contributed by atoms with Crippen molar-refractivity contribution in [3.05, 3.63) is 30.6 Å². The molecule has 0 bridgehead atoms. The third-order valence-corrected chi connectivity index (χ3v) is 1.15. The minimum Gasteiger partial charge on any atom is -0.130 e. The van der Waals surface area contributed by atoms with Crippen molar-refractivity contribution >= 4 is 16.1 Å². The van der Waals surface area contributed by atoms with Gasteiger partial charge in [0, 0.05) is 12.1 Å². The summed E-state index contributed by atoms with van der Waals surface area (Å²) in [5.41, 5.74) is 0. The Labute approximate surface area is 50.9 Å². The first-order valence-electron chi connectivity index (χ1n) is 2.02. The highest BCUT2D eigenvalue weighted by Gasteiger charge is 1.83. The summed E-state index contributed by atoms with van der Waals surface area (Å²) < 4.78 is 1.81. The fraction of sp³-hybridized carbons (Fsp3) is 0. The van der Waals surface area contributed by atoms with Crippen LogP contribution >= 0.6 is 16.1 Å². The molecule has 1 aromatic heterocycles. The lowest BCUT2D eigenvalue weighted by Gasteiger charge is -1.73. The van der Waals surface area contributed by atoms with E-state index < -0.39 is 0 Å². The molecule has 1 heterocycles. The zero-order chi connectivity index (χ0) is 5.11. The number of rotatable bonds is 0. The molecule has 0 aliphatic heterocycles. The molecule has 36 valence electrons. The summed E-state index contributed by atoms with van der Waals surface area (Å²) in [7, 11) is 0. The molecule has 0 unspecified atom stereocenters. The highest BCUT2D eigenvalue weighted by atomic mass is 79.9. The van der Waals surface area contributed by atoms with Crippen molar-refractivity contribution in [2.45, 2.75) is 0 Å². The van der Waals surface area contributed by atoms with Crippen LogP contribution in [0.4, 0.5) is 0 Å². The van der Waals surface area contributed by atoms with Crippen LogP contribution in [-0.4, -0.2) is 0 Å².